The van der Waals surface area contributed by atoms with Crippen molar-refractivity contribution >= 4 is 34.7 Å². The van der Waals surface area contributed by atoms with Crippen molar-refractivity contribution in [3.63, 3.8) is 0 Å². The van der Waals surface area contributed by atoms with Crippen LogP contribution >= 0.6 is 11.8 Å². The van der Waals surface area contributed by atoms with Gasteiger partial charge in [-0.05, 0) is 55.3 Å². The van der Waals surface area contributed by atoms with Crippen LogP contribution in [0.15, 0.2) is 58.6 Å². The van der Waals surface area contributed by atoms with Crippen LogP contribution in [-0.2, 0) is 4.79 Å². The first-order chi connectivity index (χ1) is 13.2. The molecule has 0 spiro atoms. The molecule has 4 rings (SSSR count). The summed E-state index contributed by atoms with van der Waals surface area (Å²) in [7, 11) is 0. The Kier molecular flexibility index (Phi) is 5.39. The first-order valence-corrected chi connectivity index (χ1v) is 10.3. The average Bonchev–Trinajstić information content (AvgIpc) is 2.98. The van der Waals surface area contributed by atoms with Crippen LogP contribution in [0, 0.1) is 6.92 Å². The Bertz CT molecular complexity index is 885. The molecule has 1 aliphatic heterocycles. The molecular formula is C22H23N3OS. The Hall–Kier alpha value is -2.40. The zero-order valence-electron chi connectivity index (χ0n) is 15.5. The third-order valence-corrected chi connectivity index (χ3v) is 5.96. The van der Waals surface area contributed by atoms with Crippen molar-refractivity contribution in [1.82, 2.24) is 9.88 Å². The fourth-order valence-electron chi connectivity index (χ4n) is 3.66. The number of benzene rings is 1. The molecule has 4 nitrogen and oxygen atoms in total. The van der Waals surface area contributed by atoms with E-state index in [0.29, 0.717) is 5.82 Å². The molecule has 1 amide bonds. The summed E-state index contributed by atoms with van der Waals surface area (Å²) in [5.74, 6) is 0.716. The first-order valence-electron chi connectivity index (χ1n) is 9.50. The molecule has 2 fully saturated rings. The zero-order chi connectivity index (χ0) is 18.6. The predicted octanol–water partition coefficient (Wildman–Crippen LogP) is 5.33. The number of aliphatic imine (C=N–C) groups is 1. The van der Waals surface area contributed by atoms with Gasteiger partial charge in [0.15, 0.2) is 11.0 Å². The summed E-state index contributed by atoms with van der Waals surface area (Å²) in [6.45, 7) is 2.06. The maximum absolute atomic E-state index is 13.2. The highest BCUT2D eigenvalue weighted by atomic mass is 32.2. The van der Waals surface area contributed by atoms with E-state index in [-0.39, 0.29) is 11.9 Å². The second kappa shape index (κ2) is 8.09. The van der Waals surface area contributed by atoms with E-state index in [9.17, 15) is 4.79 Å². The Labute approximate surface area is 164 Å². The maximum Gasteiger partial charge on any atom is 0.267 e. The molecule has 0 N–H and O–H groups in total. The van der Waals surface area contributed by atoms with Crippen LogP contribution in [0.3, 0.4) is 0 Å². The number of carbonyl (C=O) groups is 1. The minimum absolute atomic E-state index is 0.0723. The molecule has 1 aromatic heterocycles. The maximum atomic E-state index is 13.2. The summed E-state index contributed by atoms with van der Waals surface area (Å²) >= 11 is 1.46. The van der Waals surface area contributed by atoms with Gasteiger partial charge in [-0.2, -0.15) is 0 Å². The highest BCUT2D eigenvalue weighted by Crippen LogP contribution is 2.38. The molecule has 138 valence electrons. The first kappa shape index (κ1) is 18.0. The molecule has 27 heavy (non-hydrogen) atoms. The summed E-state index contributed by atoms with van der Waals surface area (Å²) < 4.78 is 0. The third kappa shape index (κ3) is 4.14. The standard InChI is InChI=1S/C22H23N3OS/c1-16-8-7-9-17(14-16)15-19-21(26)25(18-10-3-2-4-11-18)22(27-19)24-20-12-5-6-13-23-20/h5-9,12-15,18H,2-4,10-11H2,1H3/b19-15-,24-22+. The van der Waals surface area contributed by atoms with E-state index < -0.39 is 0 Å². The Balaban J connectivity index is 1.69. The number of rotatable bonds is 3. The van der Waals surface area contributed by atoms with E-state index in [1.54, 1.807) is 6.20 Å². The molecule has 2 aliphatic rings. The molecule has 0 unspecified atom stereocenters. The van der Waals surface area contributed by atoms with Gasteiger partial charge >= 0.3 is 0 Å². The van der Waals surface area contributed by atoms with Crippen LogP contribution in [0.4, 0.5) is 5.82 Å². The molecule has 0 radical (unpaired) electrons. The number of nitrogens with zero attached hydrogens (tertiary/aromatic N) is 3. The quantitative estimate of drug-likeness (QED) is 0.680. The zero-order valence-corrected chi connectivity index (χ0v) is 16.3. The van der Waals surface area contributed by atoms with Gasteiger partial charge in [0.2, 0.25) is 0 Å². The molecule has 1 aliphatic carbocycles. The molecule has 5 heteroatoms. The van der Waals surface area contributed by atoms with Crippen LogP contribution in [0.2, 0.25) is 0 Å². The minimum Gasteiger partial charge on any atom is -0.283 e. The smallest absolute Gasteiger partial charge is 0.267 e. The Morgan fingerprint density at radius 3 is 2.74 bits per heavy atom. The lowest BCUT2D eigenvalue weighted by Crippen LogP contribution is -2.40. The van der Waals surface area contributed by atoms with Gasteiger partial charge in [0.05, 0.1) is 4.91 Å². The van der Waals surface area contributed by atoms with Gasteiger partial charge in [0, 0.05) is 12.2 Å². The van der Waals surface area contributed by atoms with Gasteiger partial charge in [0.1, 0.15) is 0 Å². The van der Waals surface area contributed by atoms with Crippen LogP contribution in [-0.4, -0.2) is 27.0 Å². The van der Waals surface area contributed by atoms with Crippen molar-refractivity contribution in [3.05, 3.63) is 64.7 Å². The number of hydrogen-bond donors (Lipinski definition) is 0. The lowest BCUT2D eigenvalue weighted by atomic mass is 9.94. The molecule has 0 atom stereocenters. The number of amides is 1. The summed E-state index contributed by atoms with van der Waals surface area (Å²) in [4.78, 5) is 24.9. The van der Waals surface area contributed by atoms with Gasteiger partial charge in [-0.15, -0.1) is 0 Å². The van der Waals surface area contributed by atoms with Crippen molar-refractivity contribution in [2.24, 2.45) is 4.99 Å². The summed E-state index contributed by atoms with van der Waals surface area (Å²) in [5.41, 5.74) is 2.24. The van der Waals surface area contributed by atoms with Crippen molar-refractivity contribution in [2.75, 3.05) is 0 Å². The molecule has 1 aromatic carbocycles. The molecular weight excluding hydrogens is 354 g/mol. The highest BCUT2D eigenvalue weighted by Gasteiger charge is 2.38. The van der Waals surface area contributed by atoms with Crippen LogP contribution in [0.1, 0.15) is 43.2 Å². The van der Waals surface area contributed by atoms with E-state index in [0.717, 1.165) is 28.5 Å². The fraction of sp³-hybridized carbons (Fsp3) is 0.318. The van der Waals surface area contributed by atoms with Gasteiger partial charge in [-0.3, -0.25) is 9.69 Å². The van der Waals surface area contributed by atoms with Crippen LogP contribution in [0.5, 0.6) is 0 Å². The van der Waals surface area contributed by atoms with E-state index in [1.165, 1.54) is 36.6 Å². The molecule has 2 heterocycles. The number of aryl methyl sites for hydroxylation is 1. The number of aromatic nitrogens is 1. The number of thioether (sulfide) groups is 1. The van der Waals surface area contributed by atoms with Crippen LogP contribution < -0.4 is 0 Å². The number of hydrogen-bond acceptors (Lipinski definition) is 4. The summed E-state index contributed by atoms with van der Waals surface area (Å²) in [6.07, 6.45) is 9.41. The molecule has 1 saturated carbocycles. The van der Waals surface area contributed by atoms with Crippen molar-refractivity contribution in [2.45, 2.75) is 45.1 Å². The Morgan fingerprint density at radius 2 is 2.00 bits per heavy atom. The topological polar surface area (TPSA) is 45.6 Å². The SMILES string of the molecule is Cc1cccc(/C=C2\S/C(=N/c3ccccn3)N(C3CCCCC3)C2=O)c1. The minimum atomic E-state index is 0.0723. The number of pyridine rings is 1. The largest absolute Gasteiger partial charge is 0.283 e. The Morgan fingerprint density at radius 1 is 1.15 bits per heavy atom. The lowest BCUT2D eigenvalue weighted by molar-refractivity contribution is -0.124. The van der Waals surface area contributed by atoms with E-state index in [1.807, 2.05) is 41.3 Å². The predicted molar refractivity (Wildman–Crippen MR) is 112 cm³/mol. The third-order valence-electron chi connectivity index (χ3n) is 4.98. The fourth-order valence-corrected chi connectivity index (χ4v) is 4.70. The number of amidine groups is 1. The van der Waals surface area contributed by atoms with Gasteiger partial charge < -0.3 is 0 Å². The van der Waals surface area contributed by atoms with Crippen LogP contribution in [0.25, 0.3) is 6.08 Å². The van der Waals surface area contributed by atoms with E-state index in [2.05, 4.69) is 24.0 Å². The van der Waals surface area contributed by atoms with Gasteiger partial charge in [0.25, 0.3) is 5.91 Å². The van der Waals surface area contributed by atoms with E-state index in [4.69, 9.17) is 4.99 Å². The second-order valence-corrected chi connectivity index (χ2v) is 8.08. The van der Waals surface area contributed by atoms with Crippen molar-refractivity contribution < 1.29 is 4.79 Å². The average molecular weight is 378 g/mol. The molecule has 0 bridgehead atoms. The molecule has 2 aromatic rings. The van der Waals surface area contributed by atoms with Gasteiger partial charge in [-0.1, -0.05) is 55.2 Å². The van der Waals surface area contributed by atoms with Crippen molar-refractivity contribution in [1.29, 1.82) is 0 Å². The van der Waals surface area contributed by atoms with E-state index >= 15 is 0 Å². The monoisotopic (exact) mass is 377 g/mol. The second-order valence-electron chi connectivity index (χ2n) is 7.07. The van der Waals surface area contributed by atoms with Gasteiger partial charge in [-0.25, -0.2) is 9.98 Å². The highest BCUT2D eigenvalue weighted by molar-refractivity contribution is 8.18. The summed E-state index contributed by atoms with van der Waals surface area (Å²) in [5, 5.41) is 0.754. The normalized spacial score (nSPS) is 21.4. The number of carbonyl (C=O) groups excluding carboxylic acids is 1. The molecule has 1 saturated heterocycles. The van der Waals surface area contributed by atoms with Crippen molar-refractivity contribution in [3.8, 4) is 0 Å². The summed E-state index contributed by atoms with van der Waals surface area (Å²) in [6, 6.07) is 14.1. The lowest BCUT2D eigenvalue weighted by Gasteiger charge is -2.30.